The number of hydrogen-bond donors (Lipinski definition) is 2. The number of nitrogens with one attached hydrogen (secondary N) is 2. The minimum Gasteiger partial charge on any atom is -0.494 e. The molecule has 2 aromatic rings. The Morgan fingerprint density at radius 1 is 1.27 bits per heavy atom. The van der Waals surface area contributed by atoms with Crippen molar-refractivity contribution >= 4 is 28.3 Å². The van der Waals surface area contributed by atoms with Crippen molar-refractivity contribution in [2.75, 3.05) is 18.5 Å². The van der Waals surface area contributed by atoms with Crippen molar-refractivity contribution in [2.24, 2.45) is 0 Å². The standard InChI is InChI=1S/C15H17N3O3S/c1-11(19)17-15-18-13(10-22-15)14(20)16-8-5-9-21-12-6-3-2-4-7-12/h2-4,6-7,10H,5,8-9H2,1H3,(H,16,20)(H,17,18,19). The minimum atomic E-state index is -0.257. The molecular formula is C15H17N3O3S. The van der Waals surface area contributed by atoms with Gasteiger partial charge < -0.3 is 15.4 Å². The van der Waals surface area contributed by atoms with E-state index >= 15 is 0 Å². The molecule has 0 saturated carbocycles. The summed E-state index contributed by atoms with van der Waals surface area (Å²) < 4.78 is 5.53. The van der Waals surface area contributed by atoms with Crippen molar-refractivity contribution in [3.63, 3.8) is 0 Å². The molecule has 1 aromatic heterocycles. The van der Waals surface area contributed by atoms with Gasteiger partial charge in [0, 0.05) is 18.8 Å². The van der Waals surface area contributed by atoms with Gasteiger partial charge in [-0.3, -0.25) is 9.59 Å². The van der Waals surface area contributed by atoms with E-state index in [-0.39, 0.29) is 11.8 Å². The maximum atomic E-state index is 11.9. The maximum Gasteiger partial charge on any atom is 0.270 e. The van der Waals surface area contributed by atoms with Gasteiger partial charge in [0.25, 0.3) is 5.91 Å². The van der Waals surface area contributed by atoms with E-state index in [2.05, 4.69) is 15.6 Å². The average molecular weight is 319 g/mol. The topological polar surface area (TPSA) is 80.3 Å². The Morgan fingerprint density at radius 2 is 2.05 bits per heavy atom. The highest BCUT2D eigenvalue weighted by Gasteiger charge is 2.10. The Hall–Kier alpha value is -2.41. The molecule has 6 nitrogen and oxygen atoms in total. The third-order valence-corrected chi connectivity index (χ3v) is 3.40. The van der Waals surface area contributed by atoms with E-state index in [0.717, 1.165) is 5.75 Å². The van der Waals surface area contributed by atoms with Gasteiger partial charge in [0.1, 0.15) is 11.4 Å². The molecule has 22 heavy (non-hydrogen) atoms. The molecule has 0 aliphatic carbocycles. The zero-order valence-corrected chi connectivity index (χ0v) is 13.0. The van der Waals surface area contributed by atoms with Gasteiger partial charge in [0.05, 0.1) is 6.61 Å². The molecule has 7 heteroatoms. The van der Waals surface area contributed by atoms with Gasteiger partial charge in [0.2, 0.25) is 5.91 Å². The smallest absolute Gasteiger partial charge is 0.270 e. The van der Waals surface area contributed by atoms with Crippen molar-refractivity contribution in [3.05, 3.63) is 41.4 Å². The summed E-state index contributed by atoms with van der Waals surface area (Å²) >= 11 is 1.22. The summed E-state index contributed by atoms with van der Waals surface area (Å²) in [6, 6.07) is 9.52. The van der Waals surface area contributed by atoms with Crippen LogP contribution in [-0.2, 0) is 4.79 Å². The molecule has 0 unspecified atom stereocenters. The van der Waals surface area contributed by atoms with E-state index < -0.39 is 0 Å². The Kier molecular flexibility index (Phi) is 5.91. The summed E-state index contributed by atoms with van der Waals surface area (Å²) in [6.07, 6.45) is 0.698. The average Bonchev–Trinajstić information content (AvgIpc) is 2.95. The third kappa shape index (κ3) is 5.17. The largest absolute Gasteiger partial charge is 0.494 e. The maximum absolute atomic E-state index is 11.9. The summed E-state index contributed by atoms with van der Waals surface area (Å²) in [5.74, 6) is 0.347. The van der Waals surface area contributed by atoms with Crippen molar-refractivity contribution in [1.29, 1.82) is 0 Å². The Morgan fingerprint density at radius 3 is 2.77 bits per heavy atom. The van der Waals surface area contributed by atoms with E-state index in [9.17, 15) is 9.59 Å². The van der Waals surface area contributed by atoms with Crippen LogP contribution in [0.15, 0.2) is 35.7 Å². The van der Waals surface area contributed by atoms with Crippen molar-refractivity contribution in [1.82, 2.24) is 10.3 Å². The van der Waals surface area contributed by atoms with Crippen LogP contribution in [0.1, 0.15) is 23.8 Å². The molecular weight excluding hydrogens is 302 g/mol. The van der Waals surface area contributed by atoms with Gasteiger partial charge in [-0.2, -0.15) is 0 Å². The lowest BCUT2D eigenvalue weighted by molar-refractivity contribution is -0.114. The predicted octanol–water partition coefficient (Wildman–Crippen LogP) is 2.30. The second-order valence-corrected chi connectivity index (χ2v) is 5.35. The number of carbonyl (C=O) groups excluding carboxylic acids is 2. The number of ether oxygens (including phenoxy) is 1. The number of para-hydroxylation sites is 1. The van der Waals surface area contributed by atoms with Crippen molar-refractivity contribution < 1.29 is 14.3 Å². The number of benzene rings is 1. The lowest BCUT2D eigenvalue weighted by Crippen LogP contribution is -2.25. The Balaban J connectivity index is 1.67. The summed E-state index contributed by atoms with van der Waals surface area (Å²) in [5, 5.41) is 7.34. The summed E-state index contributed by atoms with van der Waals surface area (Å²) in [7, 11) is 0. The number of rotatable bonds is 7. The number of thiazole rings is 1. The molecule has 0 atom stereocenters. The second kappa shape index (κ2) is 8.14. The molecule has 0 radical (unpaired) electrons. The SMILES string of the molecule is CC(=O)Nc1nc(C(=O)NCCCOc2ccccc2)cs1. The first-order valence-corrected chi connectivity index (χ1v) is 7.72. The molecule has 0 aliphatic heterocycles. The lowest BCUT2D eigenvalue weighted by atomic mass is 10.3. The van der Waals surface area contributed by atoms with Crippen LogP contribution < -0.4 is 15.4 Å². The van der Waals surface area contributed by atoms with Gasteiger partial charge in [-0.05, 0) is 18.6 Å². The fraction of sp³-hybridized carbons (Fsp3) is 0.267. The first-order valence-electron chi connectivity index (χ1n) is 6.84. The van der Waals surface area contributed by atoms with Crippen LogP contribution in [0.25, 0.3) is 0 Å². The van der Waals surface area contributed by atoms with E-state index in [1.54, 1.807) is 5.38 Å². The minimum absolute atomic E-state index is 0.209. The van der Waals surface area contributed by atoms with Crippen LogP contribution in [0.3, 0.4) is 0 Å². The van der Waals surface area contributed by atoms with Gasteiger partial charge in [-0.25, -0.2) is 4.98 Å². The van der Waals surface area contributed by atoms with Gasteiger partial charge in [0.15, 0.2) is 5.13 Å². The van der Waals surface area contributed by atoms with Crippen LogP contribution in [0.4, 0.5) is 5.13 Å². The second-order valence-electron chi connectivity index (χ2n) is 4.49. The number of nitrogens with zero attached hydrogens (tertiary/aromatic N) is 1. The van der Waals surface area contributed by atoms with E-state index in [1.807, 2.05) is 30.3 Å². The molecule has 1 aromatic carbocycles. The van der Waals surface area contributed by atoms with Gasteiger partial charge in [-0.15, -0.1) is 11.3 Å². The zero-order valence-electron chi connectivity index (χ0n) is 12.2. The van der Waals surface area contributed by atoms with Crippen LogP contribution in [0, 0.1) is 0 Å². The summed E-state index contributed by atoms with van der Waals surface area (Å²) in [5.41, 5.74) is 0.303. The highest BCUT2D eigenvalue weighted by atomic mass is 32.1. The molecule has 0 fully saturated rings. The molecule has 0 bridgehead atoms. The van der Waals surface area contributed by atoms with Crippen LogP contribution in [0.2, 0.25) is 0 Å². The van der Waals surface area contributed by atoms with Crippen LogP contribution >= 0.6 is 11.3 Å². The number of carbonyl (C=O) groups is 2. The van der Waals surface area contributed by atoms with E-state index in [4.69, 9.17) is 4.74 Å². The molecule has 1 heterocycles. The highest BCUT2D eigenvalue weighted by Crippen LogP contribution is 2.15. The fourth-order valence-electron chi connectivity index (χ4n) is 1.66. The third-order valence-electron chi connectivity index (χ3n) is 2.64. The van der Waals surface area contributed by atoms with Crippen molar-refractivity contribution in [2.45, 2.75) is 13.3 Å². The Bertz CT molecular complexity index is 628. The first-order chi connectivity index (χ1) is 10.6. The molecule has 2 N–H and O–H groups in total. The molecule has 0 spiro atoms. The van der Waals surface area contributed by atoms with Gasteiger partial charge >= 0.3 is 0 Å². The lowest BCUT2D eigenvalue weighted by Gasteiger charge is -2.06. The zero-order chi connectivity index (χ0) is 15.8. The Labute approximate surface area is 132 Å². The van der Waals surface area contributed by atoms with Crippen LogP contribution in [-0.4, -0.2) is 29.9 Å². The number of aromatic nitrogens is 1. The number of hydrogen-bond acceptors (Lipinski definition) is 5. The molecule has 2 rings (SSSR count). The highest BCUT2D eigenvalue weighted by molar-refractivity contribution is 7.14. The summed E-state index contributed by atoms with van der Waals surface area (Å²) in [6.45, 7) is 2.42. The normalized spacial score (nSPS) is 10.0. The predicted molar refractivity (Wildman–Crippen MR) is 85.3 cm³/mol. The first kappa shape index (κ1) is 16.0. The number of amides is 2. The number of anilines is 1. The fourth-order valence-corrected chi connectivity index (χ4v) is 2.39. The van der Waals surface area contributed by atoms with E-state index in [0.29, 0.717) is 30.4 Å². The van der Waals surface area contributed by atoms with Crippen molar-refractivity contribution in [3.8, 4) is 5.75 Å². The summed E-state index contributed by atoms with van der Waals surface area (Å²) in [4.78, 5) is 26.8. The molecule has 0 aliphatic rings. The monoisotopic (exact) mass is 319 g/mol. The molecule has 0 saturated heterocycles. The van der Waals surface area contributed by atoms with Crippen LogP contribution in [0.5, 0.6) is 5.75 Å². The molecule has 2 amide bonds. The quantitative estimate of drug-likeness (QED) is 0.767. The van der Waals surface area contributed by atoms with E-state index in [1.165, 1.54) is 18.3 Å². The molecule has 116 valence electrons. The van der Waals surface area contributed by atoms with Gasteiger partial charge in [-0.1, -0.05) is 18.2 Å².